The normalized spacial score (nSPS) is 11.1. The summed E-state index contributed by atoms with van der Waals surface area (Å²) in [6, 6.07) is 21.2. The molecule has 2 aromatic heterocycles. The van der Waals surface area contributed by atoms with Gasteiger partial charge in [0.25, 0.3) is 5.56 Å². The second kappa shape index (κ2) is 7.80. The van der Waals surface area contributed by atoms with E-state index < -0.39 is 5.97 Å². The average Bonchev–Trinajstić information content (AvgIpc) is 2.97. The maximum absolute atomic E-state index is 12.3. The molecule has 0 radical (unpaired) electrons. The largest absolute Gasteiger partial charge is 0.480 e. The summed E-state index contributed by atoms with van der Waals surface area (Å²) in [5, 5.41) is 10.3. The van der Waals surface area contributed by atoms with Crippen molar-refractivity contribution in [2.45, 2.75) is 26.4 Å². The lowest BCUT2D eigenvalue weighted by Crippen LogP contribution is -2.19. The predicted octanol–water partition coefficient (Wildman–Crippen LogP) is 3.84. The molecule has 0 aliphatic heterocycles. The van der Waals surface area contributed by atoms with E-state index in [-0.39, 0.29) is 12.1 Å². The number of hydrogen-bond acceptors (Lipinski definition) is 2. The lowest BCUT2D eigenvalue weighted by molar-refractivity contribution is -0.137. The molecule has 29 heavy (non-hydrogen) atoms. The van der Waals surface area contributed by atoms with Crippen LogP contribution >= 0.6 is 0 Å². The molecule has 146 valence electrons. The highest BCUT2D eigenvalue weighted by molar-refractivity contribution is 5.87. The summed E-state index contributed by atoms with van der Waals surface area (Å²) in [6.45, 7) is 2.41. The van der Waals surface area contributed by atoms with E-state index in [1.165, 1.54) is 0 Å². The Bertz CT molecular complexity index is 1240. The van der Waals surface area contributed by atoms with Crippen LogP contribution in [0.5, 0.6) is 0 Å². The third-order valence-corrected chi connectivity index (χ3v) is 5.28. The van der Waals surface area contributed by atoms with Gasteiger partial charge in [0.15, 0.2) is 0 Å². The van der Waals surface area contributed by atoms with Gasteiger partial charge in [-0.25, -0.2) is 0 Å². The molecule has 0 saturated carbocycles. The number of aromatic nitrogens is 2. The van der Waals surface area contributed by atoms with E-state index in [1.54, 1.807) is 10.6 Å². The maximum Gasteiger partial charge on any atom is 0.323 e. The minimum absolute atomic E-state index is 0.0392. The number of carboxylic acids is 1. The van der Waals surface area contributed by atoms with Crippen molar-refractivity contribution in [2.24, 2.45) is 0 Å². The highest BCUT2D eigenvalue weighted by atomic mass is 16.4. The molecule has 0 fully saturated rings. The molecule has 0 amide bonds. The zero-order valence-electron chi connectivity index (χ0n) is 16.2. The van der Waals surface area contributed by atoms with Crippen LogP contribution in [0.15, 0.2) is 77.7 Å². The lowest BCUT2D eigenvalue weighted by Gasteiger charge is -2.09. The molecule has 4 rings (SSSR count). The Labute approximate surface area is 168 Å². The lowest BCUT2D eigenvalue weighted by atomic mass is 10.0. The molecule has 5 heteroatoms. The van der Waals surface area contributed by atoms with Gasteiger partial charge in [-0.1, -0.05) is 54.6 Å². The average molecular weight is 386 g/mol. The fourth-order valence-electron chi connectivity index (χ4n) is 3.86. The van der Waals surface area contributed by atoms with E-state index in [0.29, 0.717) is 13.0 Å². The monoisotopic (exact) mass is 386 g/mol. The number of aliphatic carboxylic acids is 1. The predicted molar refractivity (Wildman–Crippen MR) is 113 cm³/mol. The van der Waals surface area contributed by atoms with E-state index in [4.69, 9.17) is 0 Å². The minimum Gasteiger partial charge on any atom is -0.480 e. The molecule has 0 spiro atoms. The summed E-state index contributed by atoms with van der Waals surface area (Å²) in [6.07, 6.45) is 2.53. The van der Waals surface area contributed by atoms with Gasteiger partial charge in [0.05, 0.1) is 6.54 Å². The molecule has 5 nitrogen and oxygen atoms in total. The van der Waals surface area contributed by atoms with Crippen LogP contribution < -0.4 is 5.56 Å². The van der Waals surface area contributed by atoms with Crippen molar-refractivity contribution < 1.29 is 9.90 Å². The molecule has 2 heterocycles. The van der Waals surface area contributed by atoms with Crippen molar-refractivity contribution in [1.82, 2.24) is 9.13 Å². The topological polar surface area (TPSA) is 64.2 Å². The van der Waals surface area contributed by atoms with Gasteiger partial charge in [-0.05, 0) is 29.7 Å². The van der Waals surface area contributed by atoms with Gasteiger partial charge in [0.1, 0.15) is 6.54 Å². The molecule has 0 bridgehead atoms. The van der Waals surface area contributed by atoms with Crippen molar-refractivity contribution in [3.63, 3.8) is 0 Å². The highest BCUT2D eigenvalue weighted by Gasteiger charge is 2.16. The van der Waals surface area contributed by atoms with E-state index in [0.717, 1.165) is 33.3 Å². The fourth-order valence-corrected chi connectivity index (χ4v) is 3.86. The molecule has 2 aromatic carbocycles. The number of rotatable bonds is 6. The number of para-hydroxylation sites is 1. The first kappa shape index (κ1) is 18.7. The second-order valence-electron chi connectivity index (χ2n) is 7.23. The number of carboxylic acid groups (broad SMARTS) is 1. The minimum atomic E-state index is -0.864. The Balaban J connectivity index is 1.72. The summed E-state index contributed by atoms with van der Waals surface area (Å²) in [5.74, 6) is -0.864. The van der Waals surface area contributed by atoms with Crippen molar-refractivity contribution in [3.8, 4) is 0 Å². The number of nitrogens with zero attached hydrogens (tertiary/aromatic N) is 2. The van der Waals surface area contributed by atoms with E-state index >= 15 is 0 Å². The Kier molecular flexibility index (Phi) is 5.04. The van der Waals surface area contributed by atoms with Crippen LogP contribution in [-0.2, 0) is 24.3 Å². The van der Waals surface area contributed by atoms with Gasteiger partial charge < -0.3 is 14.2 Å². The molecular formula is C24H22N2O3. The fraction of sp³-hybridized carbons (Fsp3) is 0.167. The van der Waals surface area contributed by atoms with Crippen LogP contribution in [0, 0.1) is 6.92 Å². The van der Waals surface area contributed by atoms with Gasteiger partial charge in [-0.3, -0.25) is 9.59 Å². The second-order valence-corrected chi connectivity index (χ2v) is 7.23. The standard InChI is InChI=1S/C24H22N2O3/c1-17-21(20-9-5-6-10-22(20)26(17)16-24(28)29)13-19-11-12-23(27)25(15-19)14-18-7-3-2-4-8-18/h2-12,15H,13-14,16H2,1H3,(H,28,29). The molecule has 4 aromatic rings. The number of hydrogen-bond donors (Lipinski definition) is 1. The Hall–Kier alpha value is -3.60. The SMILES string of the molecule is Cc1c(Cc2ccc(=O)n(Cc3ccccc3)c2)c2ccccc2n1CC(=O)O. The third-order valence-electron chi connectivity index (χ3n) is 5.28. The van der Waals surface area contributed by atoms with Gasteiger partial charge in [0.2, 0.25) is 0 Å². The summed E-state index contributed by atoms with van der Waals surface area (Å²) in [7, 11) is 0. The van der Waals surface area contributed by atoms with Crippen LogP contribution in [0.1, 0.15) is 22.4 Å². The zero-order valence-corrected chi connectivity index (χ0v) is 16.2. The van der Waals surface area contributed by atoms with E-state index in [2.05, 4.69) is 0 Å². The smallest absolute Gasteiger partial charge is 0.323 e. The first-order valence-electron chi connectivity index (χ1n) is 9.54. The summed E-state index contributed by atoms with van der Waals surface area (Å²) in [5.41, 5.74) is 4.99. The third kappa shape index (κ3) is 3.85. The highest BCUT2D eigenvalue weighted by Crippen LogP contribution is 2.28. The van der Waals surface area contributed by atoms with Crippen LogP contribution in [0.3, 0.4) is 0 Å². The summed E-state index contributed by atoms with van der Waals surface area (Å²) >= 11 is 0. The van der Waals surface area contributed by atoms with Crippen molar-refractivity contribution in [3.05, 3.63) is 106 Å². The van der Waals surface area contributed by atoms with Gasteiger partial charge in [-0.15, -0.1) is 0 Å². The Morgan fingerprint density at radius 2 is 1.66 bits per heavy atom. The molecule has 1 N–H and O–H groups in total. The van der Waals surface area contributed by atoms with Crippen LogP contribution in [0.4, 0.5) is 0 Å². The van der Waals surface area contributed by atoms with Crippen molar-refractivity contribution >= 4 is 16.9 Å². The van der Waals surface area contributed by atoms with Crippen LogP contribution in [0.2, 0.25) is 0 Å². The molecule has 0 saturated heterocycles. The van der Waals surface area contributed by atoms with E-state index in [9.17, 15) is 14.7 Å². The number of fused-ring (bicyclic) bond motifs is 1. The van der Waals surface area contributed by atoms with E-state index in [1.807, 2.05) is 78.4 Å². The first-order valence-corrected chi connectivity index (χ1v) is 9.54. The quantitative estimate of drug-likeness (QED) is 0.548. The van der Waals surface area contributed by atoms with Gasteiger partial charge in [-0.2, -0.15) is 0 Å². The van der Waals surface area contributed by atoms with Crippen molar-refractivity contribution in [2.75, 3.05) is 0 Å². The Morgan fingerprint density at radius 1 is 0.931 bits per heavy atom. The molecular weight excluding hydrogens is 364 g/mol. The van der Waals surface area contributed by atoms with Gasteiger partial charge >= 0.3 is 5.97 Å². The summed E-state index contributed by atoms with van der Waals surface area (Å²) in [4.78, 5) is 23.7. The van der Waals surface area contributed by atoms with Gasteiger partial charge in [0, 0.05) is 35.3 Å². The van der Waals surface area contributed by atoms with Crippen molar-refractivity contribution in [1.29, 1.82) is 0 Å². The first-order chi connectivity index (χ1) is 14.0. The molecule has 0 aliphatic carbocycles. The summed E-state index contributed by atoms with van der Waals surface area (Å²) < 4.78 is 3.56. The number of pyridine rings is 1. The maximum atomic E-state index is 12.3. The zero-order chi connectivity index (χ0) is 20.4. The molecule has 0 aliphatic rings. The number of carbonyl (C=O) groups is 1. The van der Waals surface area contributed by atoms with Crippen LogP contribution in [-0.4, -0.2) is 20.2 Å². The van der Waals surface area contributed by atoms with Crippen LogP contribution in [0.25, 0.3) is 10.9 Å². The molecule has 0 unspecified atom stereocenters. The Morgan fingerprint density at radius 3 is 2.41 bits per heavy atom. The number of benzene rings is 2. The molecule has 0 atom stereocenters.